The van der Waals surface area contributed by atoms with Crippen molar-refractivity contribution in [3.8, 4) is 0 Å². The van der Waals surface area contributed by atoms with Gasteiger partial charge in [0.15, 0.2) is 5.96 Å². The molecule has 1 aliphatic heterocycles. The molecule has 1 atom stereocenters. The normalized spacial score (nSPS) is 16.7. The van der Waals surface area contributed by atoms with Gasteiger partial charge in [-0.1, -0.05) is 0 Å². The fourth-order valence-corrected chi connectivity index (χ4v) is 2.66. The summed E-state index contributed by atoms with van der Waals surface area (Å²) < 4.78 is 43.4. The summed E-state index contributed by atoms with van der Waals surface area (Å²) in [5, 5.41) is 9.09. The molecule has 0 bridgehead atoms. The molecule has 3 N–H and O–H groups in total. The van der Waals surface area contributed by atoms with Gasteiger partial charge in [0.25, 0.3) is 0 Å². The zero-order valence-corrected chi connectivity index (χ0v) is 19.0. The van der Waals surface area contributed by atoms with Gasteiger partial charge in [-0.2, -0.15) is 13.2 Å². The Labute approximate surface area is 186 Å². The van der Waals surface area contributed by atoms with Crippen LogP contribution in [0.2, 0.25) is 0 Å². The van der Waals surface area contributed by atoms with E-state index in [9.17, 15) is 13.2 Å². The Morgan fingerprint density at radius 3 is 2.66 bits per heavy atom. The molecular weight excluding hydrogens is 502 g/mol. The van der Waals surface area contributed by atoms with Crippen molar-refractivity contribution >= 4 is 35.9 Å². The molecule has 0 spiro atoms. The maximum atomic E-state index is 12.7. The molecule has 8 nitrogen and oxygen atoms in total. The first-order valence-electron chi connectivity index (χ1n) is 9.38. The maximum absolute atomic E-state index is 12.7. The van der Waals surface area contributed by atoms with Gasteiger partial charge >= 0.3 is 6.18 Å². The van der Waals surface area contributed by atoms with E-state index >= 15 is 0 Å². The van der Waals surface area contributed by atoms with Crippen molar-refractivity contribution in [2.24, 2.45) is 4.99 Å². The first-order chi connectivity index (χ1) is 13.4. The minimum absolute atomic E-state index is 0. The fourth-order valence-electron chi connectivity index (χ4n) is 2.66. The van der Waals surface area contributed by atoms with Crippen molar-refractivity contribution < 1.29 is 17.9 Å². The average molecular weight is 531 g/mol. The molecule has 0 saturated carbocycles. The van der Waals surface area contributed by atoms with Gasteiger partial charge in [-0.05, 0) is 19.9 Å². The summed E-state index contributed by atoms with van der Waals surface area (Å²) in [6.07, 6.45) is -3.40. The number of hydrogen-bond donors (Lipinski definition) is 3. The minimum Gasteiger partial charge on any atom is -0.379 e. The molecule has 0 radical (unpaired) electrons. The van der Waals surface area contributed by atoms with Crippen molar-refractivity contribution in [2.45, 2.75) is 26.1 Å². The Morgan fingerprint density at radius 2 is 2.00 bits per heavy atom. The van der Waals surface area contributed by atoms with Crippen LogP contribution in [0.1, 0.15) is 19.5 Å². The largest absolute Gasteiger partial charge is 0.433 e. The summed E-state index contributed by atoms with van der Waals surface area (Å²) in [6, 6.07) is 1.14. The molecule has 2 rings (SSSR count). The standard InChI is InChI=1S/C17H28F3N7O.HI/c1-3-21-15(25-12-13(2)27-8-10-28-11-9-27)23-6-7-24-16-22-5-4-14(26-16)17(18,19)20;/h4-5,13H,3,6-12H2,1-2H3,(H2,21,23,25)(H,22,24,26);1H. The first kappa shape index (κ1) is 25.6. The third kappa shape index (κ3) is 9.30. The Kier molecular flexibility index (Phi) is 11.5. The van der Waals surface area contributed by atoms with Crippen molar-refractivity contribution in [3.63, 3.8) is 0 Å². The van der Waals surface area contributed by atoms with Gasteiger partial charge in [-0.3, -0.25) is 9.89 Å². The number of hydrogen-bond acceptors (Lipinski definition) is 6. The van der Waals surface area contributed by atoms with E-state index in [-0.39, 0.29) is 29.9 Å². The van der Waals surface area contributed by atoms with Crippen molar-refractivity contribution in [3.05, 3.63) is 18.0 Å². The van der Waals surface area contributed by atoms with Gasteiger partial charge in [0, 0.05) is 45.0 Å². The monoisotopic (exact) mass is 531 g/mol. The number of halogens is 4. The van der Waals surface area contributed by atoms with Gasteiger partial charge in [-0.15, -0.1) is 24.0 Å². The average Bonchev–Trinajstić information content (AvgIpc) is 2.69. The van der Waals surface area contributed by atoms with E-state index in [0.717, 1.165) is 38.6 Å². The molecule has 1 saturated heterocycles. The zero-order valence-electron chi connectivity index (χ0n) is 16.6. The molecule has 1 aromatic heterocycles. The summed E-state index contributed by atoms with van der Waals surface area (Å²) >= 11 is 0. The number of anilines is 1. The van der Waals surface area contributed by atoms with Crippen LogP contribution in [0.15, 0.2) is 17.3 Å². The molecule has 1 aliphatic rings. The Bertz CT molecular complexity index is 627. The molecule has 29 heavy (non-hydrogen) atoms. The second-order valence-electron chi connectivity index (χ2n) is 6.33. The summed E-state index contributed by atoms with van der Waals surface area (Å²) in [6.45, 7) is 9.56. The van der Waals surface area contributed by atoms with Gasteiger partial charge in [0.2, 0.25) is 5.95 Å². The lowest BCUT2D eigenvalue weighted by molar-refractivity contribution is -0.141. The Hall–Kier alpha value is -1.41. The Balaban J connectivity index is 0.00000420. The summed E-state index contributed by atoms with van der Waals surface area (Å²) in [4.78, 5) is 14.2. The van der Waals surface area contributed by atoms with Crippen LogP contribution in [0.4, 0.5) is 19.1 Å². The van der Waals surface area contributed by atoms with E-state index in [1.165, 1.54) is 0 Å². The molecule has 0 aliphatic carbocycles. The zero-order chi connectivity index (χ0) is 20.4. The Morgan fingerprint density at radius 1 is 1.28 bits per heavy atom. The lowest BCUT2D eigenvalue weighted by Crippen LogP contribution is -2.45. The molecular formula is C17H29F3IN7O. The topological polar surface area (TPSA) is 86.7 Å². The van der Waals surface area contributed by atoms with E-state index in [2.05, 4.69) is 42.7 Å². The molecule has 166 valence electrons. The molecule has 1 aromatic rings. The number of aromatic nitrogens is 2. The summed E-state index contributed by atoms with van der Waals surface area (Å²) in [7, 11) is 0. The van der Waals surface area contributed by atoms with E-state index in [0.29, 0.717) is 38.2 Å². The number of morpholine rings is 1. The fraction of sp³-hybridized carbons (Fsp3) is 0.706. The molecule has 0 amide bonds. The number of nitrogens with one attached hydrogen (secondary N) is 3. The molecule has 1 unspecified atom stereocenters. The molecule has 2 heterocycles. The number of rotatable bonds is 8. The lowest BCUT2D eigenvalue weighted by Gasteiger charge is -2.31. The van der Waals surface area contributed by atoms with Gasteiger partial charge in [-0.25, -0.2) is 9.97 Å². The third-order valence-electron chi connectivity index (χ3n) is 4.17. The van der Waals surface area contributed by atoms with Crippen LogP contribution in [0.25, 0.3) is 0 Å². The van der Waals surface area contributed by atoms with Crippen LogP contribution in [0.3, 0.4) is 0 Å². The van der Waals surface area contributed by atoms with Crippen LogP contribution >= 0.6 is 24.0 Å². The van der Waals surface area contributed by atoms with Crippen molar-refractivity contribution in [1.29, 1.82) is 0 Å². The highest BCUT2D eigenvalue weighted by Gasteiger charge is 2.32. The summed E-state index contributed by atoms with van der Waals surface area (Å²) in [5.74, 6) is 0.605. The maximum Gasteiger partial charge on any atom is 0.433 e. The molecule has 1 fully saturated rings. The summed E-state index contributed by atoms with van der Waals surface area (Å²) in [5.41, 5.74) is -0.968. The van der Waals surface area contributed by atoms with E-state index in [1.54, 1.807) is 0 Å². The number of guanidine groups is 1. The highest BCUT2D eigenvalue weighted by Crippen LogP contribution is 2.27. The van der Waals surface area contributed by atoms with Gasteiger partial charge < -0.3 is 20.7 Å². The van der Waals surface area contributed by atoms with E-state index in [4.69, 9.17) is 4.74 Å². The minimum atomic E-state index is -4.49. The number of ether oxygens (including phenoxy) is 1. The molecule has 0 aromatic carbocycles. The predicted octanol–water partition coefficient (Wildman–Crippen LogP) is 1.80. The van der Waals surface area contributed by atoms with Gasteiger partial charge in [0.05, 0.1) is 19.8 Å². The third-order valence-corrected chi connectivity index (χ3v) is 4.17. The predicted molar refractivity (Wildman–Crippen MR) is 117 cm³/mol. The highest BCUT2D eigenvalue weighted by molar-refractivity contribution is 14.0. The van der Waals surface area contributed by atoms with Crippen LogP contribution < -0.4 is 16.0 Å². The lowest BCUT2D eigenvalue weighted by atomic mass is 10.2. The van der Waals surface area contributed by atoms with E-state index < -0.39 is 11.9 Å². The quantitative estimate of drug-likeness (QED) is 0.204. The second kappa shape index (κ2) is 13.0. The van der Waals surface area contributed by atoms with Crippen molar-refractivity contribution in [2.75, 3.05) is 57.8 Å². The second-order valence-corrected chi connectivity index (χ2v) is 6.33. The smallest absolute Gasteiger partial charge is 0.379 e. The number of aliphatic imine (C=N–C) groups is 1. The molecule has 12 heteroatoms. The highest BCUT2D eigenvalue weighted by atomic mass is 127. The van der Waals surface area contributed by atoms with Gasteiger partial charge in [0.1, 0.15) is 5.69 Å². The van der Waals surface area contributed by atoms with Crippen LogP contribution in [0, 0.1) is 0 Å². The van der Waals surface area contributed by atoms with Crippen LogP contribution in [0.5, 0.6) is 0 Å². The van der Waals surface area contributed by atoms with Crippen LogP contribution in [-0.2, 0) is 10.9 Å². The van der Waals surface area contributed by atoms with E-state index in [1.807, 2.05) is 6.92 Å². The van der Waals surface area contributed by atoms with Crippen LogP contribution in [-0.4, -0.2) is 79.4 Å². The van der Waals surface area contributed by atoms with Crippen molar-refractivity contribution in [1.82, 2.24) is 25.5 Å². The SMILES string of the molecule is CCNC(=NCC(C)N1CCOCC1)NCCNc1nccc(C(F)(F)F)n1.I. The first-order valence-corrected chi connectivity index (χ1v) is 9.38. The number of nitrogens with zero attached hydrogens (tertiary/aromatic N) is 4. The number of alkyl halides is 3.